The Morgan fingerprint density at radius 1 is 1.29 bits per heavy atom. The summed E-state index contributed by atoms with van der Waals surface area (Å²) < 4.78 is 31.9. The maximum absolute atomic E-state index is 12.6. The van der Waals surface area contributed by atoms with E-state index in [4.69, 9.17) is 10.5 Å². The quantitative estimate of drug-likeness (QED) is 0.838. The standard InChI is InChI=1S/C15H20N2O3S/c1-17(14-8-11-20-12-9-14)21(18,19)15-6-4-13(5-7-15)3-2-10-16/h4-7,14H,8-12,16H2,1H3. The van der Waals surface area contributed by atoms with Crippen molar-refractivity contribution in [3.05, 3.63) is 29.8 Å². The fourth-order valence-corrected chi connectivity index (χ4v) is 3.69. The largest absolute Gasteiger partial charge is 0.381 e. The van der Waals surface area contributed by atoms with Gasteiger partial charge in [-0.05, 0) is 37.1 Å². The zero-order valence-electron chi connectivity index (χ0n) is 12.1. The van der Waals surface area contributed by atoms with E-state index in [0.29, 0.717) is 13.2 Å². The second kappa shape index (κ2) is 7.05. The molecule has 5 nitrogen and oxygen atoms in total. The van der Waals surface area contributed by atoms with E-state index >= 15 is 0 Å². The van der Waals surface area contributed by atoms with E-state index in [1.165, 1.54) is 4.31 Å². The van der Waals surface area contributed by atoms with Crippen molar-refractivity contribution in [3.63, 3.8) is 0 Å². The van der Waals surface area contributed by atoms with Crippen LogP contribution in [0.25, 0.3) is 0 Å². The summed E-state index contributed by atoms with van der Waals surface area (Å²) in [5.41, 5.74) is 6.07. The number of rotatable bonds is 3. The van der Waals surface area contributed by atoms with Crippen molar-refractivity contribution < 1.29 is 13.2 Å². The Kier molecular flexibility index (Phi) is 5.37. The molecular weight excluding hydrogens is 288 g/mol. The first-order valence-electron chi connectivity index (χ1n) is 6.90. The molecule has 0 aromatic heterocycles. The van der Waals surface area contributed by atoms with Crippen LogP contribution in [0, 0.1) is 11.8 Å². The molecule has 21 heavy (non-hydrogen) atoms. The number of benzene rings is 1. The van der Waals surface area contributed by atoms with Gasteiger partial charge in [-0.15, -0.1) is 0 Å². The Bertz CT molecular complexity index is 623. The van der Waals surface area contributed by atoms with Crippen LogP contribution in [-0.4, -0.2) is 45.6 Å². The van der Waals surface area contributed by atoms with Crippen molar-refractivity contribution in [2.45, 2.75) is 23.8 Å². The van der Waals surface area contributed by atoms with E-state index in [9.17, 15) is 8.42 Å². The van der Waals surface area contributed by atoms with Gasteiger partial charge in [-0.25, -0.2) is 8.42 Å². The van der Waals surface area contributed by atoms with Crippen LogP contribution in [0.3, 0.4) is 0 Å². The molecule has 0 radical (unpaired) electrons. The molecule has 1 aromatic carbocycles. The predicted octanol–water partition coefficient (Wildman–Crippen LogP) is 0.796. The van der Waals surface area contributed by atoms with Gasteiger partial charge in [0.15, 0.2) is 0 Å². The fraction of sp³-hybridized carbons (Fsp3) is 0.467. The molecule has 114 valence electrons. The van der Waals surface area contributed by atoms with Gasteiger partial charge in [-0.3, -0.25) is 0 Å². The molecule has 6 heteroatoms. The minimum Gasteiger partial charge on any atom is -0.381 e. The predicted molar refractivity (Wildman–Crippen MR) is 81.2 cm³/mol. The highest BCUT2D eigenvalue weighted by Crippen LogP contribution is 2.22. The molecule has 2 N–H and O–H groups in total. The van der Waals surface area contributed by atoms with E-state index in [1.54, 1.807) is 31.3 Å². The van der Waals surface area contributed by atoms with E-state index in [1.807, 2.05) is 0 Å². The lowest BCUT2D eigenvalue weighted by molar-refractivity contribution is 0.0632. The molecule has 0 spiro atoms. The number of hydrogen-bond acceptors (Lipinski definition) is 4. The lowest BCUT2D eigenvalue weighted by Crippen LogP contribution is -2.40. The normalized spacial score (nSPS) is 16.5. The van der Waals surface area contributed by atoms with Crippen LogP contribution in [-0.2, 0) is 14.8 Å². The molecule has 1 aliphatic rings. The lowest BCUT2D eigenvalue weighted by atomic mass is 10.1. The maximum atomic E-state index is 12.6. The third kappa shape index (κ3) is 3.83. The van der Waals surface area contributed by atoms with E-state index < -0.39 is 10.0 Å². The third-order valence-corrected chi connectivity index (χ3v) is 5.50. The van der Waals surface area contributed by atoms with Gasteiger partial charge < -0.3 is 10.5 Å². The number of ether oxygens (including phenoxy) is 1. The summed E-state index contributed by atoms with van der Waals surface area (Å²) in [6.45, 7) is 1.50. The molecule has 1 heterocycles. The van der Waals surface area contributed by atoms with Gasteiger partial charge in [0.1, 0.15) is 0 Å². The topological polar surface area (TPSA) is 72.6 Å². The molecule has 0 amide bonds. The highest BCUT2D eigenvalue weighted by molar-refractivity contribution is 7.89. The molecule has 0 atom stereocenters. The molecule has 1 aromatic rings. The SMILES string of the molecule is CN(C1CCOCC1)S(=O)(=O)c1ccc(C#CCN)cc1. The van der Waals surface area contributed by atoms with Gasteiger partial charge in [0.05, 0.1) is 11.4 Å². The first-order valence-corrected chi connectivity index (χ1v) is 8.34. The molecule has 1 aliphatic heterocycles. The van der Waals surface area contributed by atoms with Gasteiger partial charge in [0.25, 0.3) is 0 Å². The van der Waals surface area contributed by atoms with Crippen LogP contribution in [0.5, 0.6) is 0 Å². The molecule has 0 unspecified atom stereocenters. The molecule has 1 fully saturated rings. The van der Waals surface area contributed by atoms with Crippen LogP contribution in [0.1, 0.15) is 18.4 Å². The third-order valence-electron chi connectivity index (χ3n) is 3.57. The van der Waals surface area contributed by atoms with Crippen molar-refractivity contribution in [3.8, 4) is 11.8 Å². The highest BCUT2D eigenvalue weighted by atomic mass is 32.2. The smallest absolute Gasteiger partial charge is 0.243 e. The number of sulfonamides is 1. The van der Waals surface area contributed by atoms with Crippen LogP contribution < -0.4 is 5.73 Å². The van der Waals surface area contributed by atoms with Crippen LogP contribution in [0.15, 0.2) is 29.2 Å². The first kappa shape index (κ1) is 16.0. The summed E-state index contributed by atoms with van der Waals surface area (Å²) in [6.07, 6.45) is 1.46. The highest BCUT2D eigenvalue weighted by Gasteiger charge is 2.29. The second-order valence-electron chi connectivity index (χ2n) is 4.90. The monoisotopic (exact) mass is 308 g/mol. The Hall–Kier alpha value is -1.39. The summed E-state index contributed by atoms with van der Waals surface area (Å²) in [5, 5.41) is 0. The molecule has 0 saturated carbocycles. The number of nitrogens with zero attached hydrogens (tertiary/aromatic N) is 1. The minimum atomic E-state index is -3.47. The van der Waals surface area contributed by atoms with Crippen LogP contribution in [0.4, 0.5) is 0 Å². The average molecular weight is 308 g/mol. The van der Waals surface area contributed by atoms with Gasteiger partial charge in [-0.1, -0.05) is 11.8 Å². The molecule has 0 bridgehead atoms. The van der Waals surface area contributed by atoms with Crippen molar-refractivity contribution in [1.82, 2.24) is 4.31 Å². The maximum Gasteiger partial charge on any atom is 0.243 e. The first-order chi connectivity index (χ1) is 10.1. The summed E-state index contributed by atoms with van der Waals surface area (Å²) >= 11 is 0. The van der Waals surface area contributed by atoms with Gasteiger partial charge in [0, 0.05) is 31.9 Å². The molecular formula is C15H20N2O3S. The zero-order chi connectivity index (χ0) is 15.3. The van der Waals surface area contributed by atoms with E-state index in [0.717, 1.165) is 18.4 Å². The number of nitrogens with two attached hydrogens (primary N) is 1. The summed E-state index contributed by atoms with van der Waals surface area (Å²) in [5.74, 6) is 5.62. The Morgan fingerprint density at radius 2 is 1.90 bits per heavy atom. The average Bonchev–Trinajstić information content (AvgIpc) is 2.53. The van der Waals surface area contributed by atoms with Crippen molar-refractivity contribution in [1.29, 1.82) is 0 Å². The molecule has 0 aliphatic carbocycles. The van der Waals surface area contributed by atoms with Crippen LogP contribution >= 0.6 is 0 Å². The molecule has 2 rings (SSSR count). The summed E-state index contributed by atoms with van der Waals surface area (Å²) in [6, 6.07) is 6.58. The van der Waals surface area contributed by atoms with E-state index in [2.05, 4.69) is 11.8 Å². The van der Waals surface area contributed by atoms with Crippen molar-refractivity contribution in [2.75, 3.05) is 26.8 Å². The van der Waals surface area contributed by atoms with Gasteiger partial charge in [0.2, 0.25) is 10.0 Å². The Labute approximate surface area is 126 Å². The Balaban J connectivity index is 2.18. The number of hydrogen-bond donors (Lipinski definition) is 1. The molecule has 1 saturated heterocycles. The van der Waals surface area contributed by atoms with E-state index in [-0.39, 0.29) is 17.5 Å². The minimum absolute atomic E-state index is 0.000424. The lowest BCUT2D eigenvalue weighted by Gasteiger charge is -2.30. The Morgan fingerprint density at radius 3 is 2.48 bits per heavy atom. The van der Waals surface area contributed by atoms with Gasteiger partial charge in [-0.2, -0.15) is 4.31 Å². The second-order valence-corrected chi connectivity index (χ2v) is 6.89. The van der Waals surface area contributed by atoms with Crippen molar-refractivity contribution >= 4 is 10.0 Å². The fourth-order valence-electron chi connectivity index (χ4n) is 2.27. The van der Waals surface area contributed by atoms with Gasteiger partial charge >= 0.3 is 0 Å². The summed E-state index contributed by atoms with van der Waals surface area (Å²) in [7, 11) is -1.84. The zero-order valence-corrected chi connectivity index (χ0v) is 12.9. The van der Waals surface area contributed by atoms with Crippen LogP contribution in [0.2, 0.25) is 0 Å². The van der Waals surface area contributed by atoms with Crippen molar-refractivity contribution in [2.24, 2.45) is 5.73 Å². The summed E-state index contributed by atoms with van der Waals surface area (Å²) in [4.78, 5) is 0.287.